The van der Waals surface area contributed by atoms with E-state index in [4.69, 9.17) is 10.4 Å². The van der Waals surface area contributed by atoms with Crippen LogP contribution in [0.15, 0.2) is 0 Å². The predicted octanol–water partition coefficient (Wildman–Crippen LogP) is 0.910. The molecule has 1 aliphatic carbocycles. The summed E-state index contributed by atoms with van der Waals surface area (Å²) in [5.74, 6) is -0.135. The van der Waals surface area contributed by atoms with Crippen molar-refractivity contribution in [2.75, 3.05) is 13.7 Å². The summed E-state index contributed by atoms with van der Waals surface area (Å²) in [6.07, 6.45) is 3.21. The molecule has 0 heterocycles. The number of likely N-dealkylation sites (N-methyl/N-ethyl adjacent to an activating group) is 1. The van der Waals surface area contributed by atoms with Gasteiger partial charge < -0.3 is 10.0 Å². The molecule has 1 aliphatic rings. The van der Waals surface area contributed by atoms with Crippen molar-refractivity contribution in [3.63, 3.8) is 0 Å². The van der Waals surface area contributed by atoms with E-state index in [-0.39, 0.29) is 18.6 Å². The molecule has 0 radical (unpaired) electrons. The lowest BCUT2D eigenvalue weighted by atomic mass is 9.86. The van der Waals surface area contributed by atoms with E-state index in [1.807, 2.05) is 0 Å². The van der Waals surface area contributed by atoms with Gasteiger partial charge in [0.25, 0.3) is 0 Å². The quantitative estimate of drug-likeness (QED) is 0.753. The van der Waals surface area contributed by atoms with Gasteiger partial charge in [-0.3, -0.25) is 4.79 Å². The number of hydrogen-bond donors (Lipinski definition) is 1. The molecule has 4 heteroatoms. The molecule has 15 heavy (non-hydrogen) atoms. The van der Waals surface area contributed by atoms with Gasteiger partial charge in [-0.2, -0.15) is 5.26 Å². The average molecular weight is 210 g/mol. The van der Waals surface area contributed by atoms with Crippen LogP contribution in [0.2, 0.25) is 0 Å². The molecular weight excluding hydrogens is 192 g/mol. The first kappa shape index (κ1) is 12.0. The Labute approximate surface area is 90.5 Å². The monoisotopic (exact) mass is 210 g/mol. The highest BCUT2D eigenvalue weighted by Gasteiger charge is 2.43. The summed E-state index contributed by atoms with van der Waals surface area (Å²) in [7, 11) is 1.65. The van der Waals surface area contributed by atoms with Crippen LogP contribution in [0.25, 0.3) is 0 Å². The molecule has 0 aromatic rings. The third-order valence-corrected chi connectivity index (χ3v) is 3.33. The van der Waals surface area contributed by atoms with E-state index in [1.54, 1.807) is 14.0 Å². The number of amides is 1. The molecule has 0 aromatic carbocycles. The van der Waals surface area contributed by atoms with Crippen molar-refractivity contribution in [1.29, 1.82) is 5.26 Å². The van der Waals surface area contributed by atoms with E-state index in [2.05, 4.69) is 6.07 Å². The number of aliphatic hydroxyl groups is 1. The zero-order chi connectivity index (χ0) is 11.5. The lowest BCUT2D eigenvalue weighted by Gasteiger charge is -2.30. The van der Waals surface area contributed by atoms with Gasteiger partial charge in [0.2, 0.25) is 5.91 Å². The number of nitriles is 1. The van der Waals surface area contributed by atoms with Crippen LogP contribution in [-0.4, -0.2) is 35.6 Å². The van der Waals surface area contributed by atoms with E-state index in [0.29, 0.717) is 12.8 Å². The van der Waals surface area contributed by atoms with Crippen molar-refractivity contribution in [2.24, 2.45) is 5.41 Å². The van der Waals surface area contributed by atoms with E-state index in [9.17, 15) is 4.79 Å². The SMILES string of the molecule is CC(CO)N(C)C(=O)C1(C#N)CCCC1. The minimum atomic E-state index is -0.821. The molecule has 1 rings (SSSR count). The van der Waals surface area contributed by atoms with Crippen molar-refractivity contribution in [3.05, 3.63) is 0 Å². The largest absolute Gasteiger partial charge is 0.394 e. The molecule has 0 bridgehead atoms. The van der Waals surface area contributed by atoms with Crippen LogP contribution in [0.3, 0.4) is 0 Å². The lowest BCUT2D eigenvalue weighted by molar-refractivity contribution is -0.140. The molecular formula is C11H18N2O2. The summed E-state index contributed by atoms with van der Waals surface area (Å²) in [5, 5.41) is 18.1. The number of carbonyl (C=O) groups is 1. The Balaban J connectivity index is 2.78. The Bertz CT molecular complexity index is 277. The third-order valence-electron chi connectivity index (χ3n) is 3.33. The van der Waals surface area contributed by atoms with Crippen molar-refractivity contribution in [3.8, 4) is 6.07 Å². The number of nitrogens with zero attached hydrogens (tertiary/aromatic N) is 2. The van der Waals surface area contributed by atoms with E-state index >= 15 is 0 Å². The molecule has 1 fully saturated rings. The summed E-state index contributed by atoms with van der Waals surface area (Å²) in [4.78, 5) is 13.6. The fraction of sp³-hybridized carbons (Fsp3) is 0.818. The van der Waals surface area contributed by atoms with Crippen LogP contribution in [-0.2, 0) is 4.79 Å². The number of carbonyl (C=O) groups excluding carboxylic acids is 1. The summed E-state index contributed by atoms with van der Waals surface area (Å²) in [6, 6.07) is 1.95. The second-order valence-electron chi connectivity index (χ2n) is 4.35. The number of aliphatic hydroxyl groups excluding tert-OH is 1. The van der Waals surface area contributed by atoms with Gasteiger partial charge in [0, 0.05) is 7.05 Å². The summed E-state index contributed by atoms with van der Waals surface area (Å²) in [6.45, 7) is 1.71. The van der Waals surface area contributed by atoms with E-state index in [0.717, 1.165) is 12.8 Å². The zero-order valence-electron chi connectivity index (χ0n) is 9.36. The van der Waals surface area contributed by atoms with Gasteiger partial charge in [0.1, 0.15) is 5.41 Å². The fourth-order valence-electron chi connectivity index (χ4n) is 2.01. The fourth-order valence-corrected chi connectivity index (χ4v) is 2.01. The standard InChI is InChI=1S/C11H18N2O2/c1-9(7-14)13(2)10(15)11(8-12)5-3-4-6-11/h9,14H,3-7H2,1-2H3. The summed E-state index contributed by atoms with van der Waals surface area (Å²) in [5.41, 5.74) is -0.821. The smallest absolute Gasteiger partial charge is 0.243 e. The highest BCUT2D eigenvalue weighted by Crippen LogP contribution is 2.39. The van der Waals surface area contributed by atoms with Crippen molar-refractivity contribution >= 4 is 5.91 Å². The molecule has 0 spiro atoms. The van der Waals surface area contributed by atoms with Gasteiger partial charge in [0.05, 0.1) is 18.7 Å². The van der Waals surface area contributed by atoms with Gasteiger partial charge in [-0.05, 0) is 19.8 Å². The Morgan fingerprint density at radius 2 is 2.13 bits per heavy atom. The molecule has 0 aliphatic heterocycles. The molecule has 0 saturated heterocycles. The molecule has 1 amide bonds. The van der Waals surface area contributed by atoms with Crippen LogP contribution < -0.4 is 0 Å². The average Bonchev–Trinajstić information content (AvgIpc) is 2.75. The minimum absolute atomic E-state index is 0.0657. The van der Waals surface area contributed by atoms with Gasteiger partial charge in [-0.25, -0.2) is 0 Å². The molecule has 84 valence electrons. The minimum Gasteiger partial charge on any atom is -0.394 e. The van der Waals surface area contributed by atoms with Crippen LogP contribution in [0, 0.1) is 16.7 Å². The van der Waals surface area contributed by atoms with Crippen molar-refractivity contribution in [1.82, 2.24) is 4.90 Å². The molecule has 1 saturated carbocycles. The molecule has 4 nitrogen and oxygen atoms in total. The second kappa shape index (κ2) is 4.63. The van der Waals surface area contributed by atoms with Crippen molar-refractivity contribution in [2.45, 2.75) is 38.6 Å². The Morgan fingerprint density at radius 1 is 1.60 bits per heavy atom. The van der Waals surface area contributed by atoms with Crippen molar-refractivity contribution < 1.29 is 9.90 Å². The maximum Gasteiger partial charge on any atom is 0.243 e. The van der Waals surface area contributed by atoms with Crippen LogP contribution in [0.1, 0.15) is 32.6 Å². The van der Waals surface area contributed by atoms with Gasteiger partial charge in [-0.15, -0.1) is 0 Å². The summed E-state index contributed by atoms with van der Waals surface area (Å²) >= 11 is 0. The predicted molar refractivity (Wildman–Crippen MR) is 55.8 cm³/mol. The van der Waals surface area contributed by atoms with Crippen LogP contribution in [0.4, 0.5) is 0 Å². The Kier molecular flexibility index (Phi) is 3.70. The number of rotatable bonds is 3. The Hall–Kier alpha value is -1.08. The van der Waals surface area contributed by atoms with Crippen LogP contribution >= 0.6 is 0 Å². The normalized spacial score (nSPS) is 20.7. The first-order valence-electron chi connectivity index (χ1n) is 5.37. The Morgan fingerprint density at radius 3 is 2.53 bits per heavy atom. The lowest BCUT2D eigenvalue weighted by Crippen LogP contribution is -2.45. The maximum absolute atomic E-state index is 12.1. The first-order valence-corrected chi connectivity index (χ1v) is 5.37. The van der Waals surface area contributed by atoms with Gasteiger partial charge in [-0.1, -0.05) is 12.8 Å². The highest BCUT2D eigenvalue weighted by molar-refractivity contribution is 5.85. The van der Waals surface area contributed by atoms with E-state index in [1.165, 1.54) is 4.90 Å². The summed E-state index contributed by atoms with van der Waals surface area (Å²) < 4.78 is 0. The second-order valence-corrected chi connectivity index (χ2v) is 4.35. The van der Waals surface area contributed by atoms with Gasteiger partial charge >= 0.3 is 0 Å². The zero-order valence-corrected chi connectivity index (χ0v) is 9.36. The molecule has 1 atom stereocenters. The molecule has 0 aromatic heterocycles. The topological polar surface area (TPSA) is 64.3 Å². The van der Waals surface area contributed by atoms with Crippen LogP contribution in [0.5, 0.6) is 0 Å². The first-order chi connectivity index (χ1) is 7.07. The van der Waals surface area contributed by atoms with Gasteiger partial charge in [0.15, 0.2) is 0 Å². The molecule has 1 unspecified atom stereocenters. The maximum atomic E-state index is 12.1. The third kappa shape index (κ3) is 2.13. The number of hydrogen-bond acceptors (Lipinski definition) is 3. The molecule has 1 N–H and O–H groups in total. The highest BCUT2D eigenvalue weighted by atomic mass is 16.3. The van der Waals surface area contributed by atoms with E-state index < -0.39 is 5.41 Å².